The minimum atomic E-state index is -1.22. The van der Waals surface area contributed by atoms with E-state index in [9.17, 15) is 4.21 Å². The third-order valence-electron chi connectivity index (χ3n) is 4.49. The summed E-state index contributed by atoms with van der Waals surface area (Å²) < 4.78 is 27.8. The van der Waals surface area contributed by atoms with Crippen LogP contribution in [-0.2, 0) is 20.3 Å². The standard InChI is InChI=1S/C17H28BNO3S/c1-15(2,3)23(20)19-14(13-11-9-8-10-12-13)18-21-16(4,5)17(6,7)22-18/h8-12,14,19H,1-7H3/t14-,23-/m0/s1. The molecular weight excluding hydrogens is 309 g/mol. The Morgan fingerprint density at radius 2 is 1.52 bits per heavy atom. The van der Waals surface area contributed by atoms with Crippen LogP contribution in [0.15, 0.2) is 30.3 Å². The van der Waals surface area contributed by atoms with Crippen molar-refractivity contribution in [2.24, 2.45) is 0 Å². The van der Waals surface area contributed by atoms with Crippen LogP contribution >= 0.6 is 0 Å². The maximum Gasteiger partial charge on any atom is 0.481 e. The highest BCUT2D eigenvalue weighted by Gasteiger charge is 2.54. The van der Waals surface area contributed by atoms with Gasteiger partial charge >= 0.3 is 7.12 Å². The van der Waals surface area contributed by atoms with Crippen LogP contribution in [-0.4, -0.2) is 27.3 Å². The zero-order valence-corrected chi connectivity index (χ0v) is 16.0. The third-order valence-corrected chi connectivity index (χ3v) is 6.07. The highest BCUT2D eigenvalue weighted by molar-refractivity contribution is 7.84. The predicted octanol–water partition coefficient (Wildman–Crippen LogP) is 3.41. The molecule has 4 nitrogen and oxygen atoms in total. The highest BCUT2D eigenvalue weighted by atomic mass is 32.2. The van der Waals surface area contributed by atoms with Crippen molar-refractivity contribution in [3.8, 4) is 0 Å². The van der Waals surface area contributed by atoms with E-state index in [1.165, 1.54) is 0 Å². The number of benzene rings is 1. The normalized spacial score (nSPS) is 22.8. The van der Waals surface area contributed by atoms with Crippen molar-refractivity contribution in [2.75, 3.05) is 0 Å². The molecule has 0 radical (unpaired) electrons. The number of nitrogens with one attached hydrogen (secondary N) is 1. The van der Waals surface area contributed by atoms with Gasteiger partial charge in [-0.15, -0.1) is 0 Å². The smallest absolute Gasteiger partial charge is 0.402 e. The first-order chi connectivity index (χ1) is 10.4. The van der Waals surface area contributed by atoms with Gasteiger partial charge in [-0.25, -0.2) is 8.93 Å². The summed E-state index contributed by atoms with van der Waals surface area (Å²) in [5.74, 6) is -0.294. The molecule has 1 aliphatic rings. The summed E-state index contributed by atoms with van der Waals surface area (Å²) in [7, 11) is -1.72. The molecule has 0 bridgehead atoms. The van der Waals surface area contributed by atoms with Gasteiger partial charge in [-0.3, -0.25) is 0 Å². The summed E-state index contributed by atoms with van der Waals surface area (Å²) in [6.07, 6.45) is 0. The van der Waals surface area contributed by atoms with E-state index in [0.717, 1.165) is 5.56 Å². The monoisotopic (exact) mass is 337 g/mol. The van der Waals surface area contributed by atoms with Gasteiger partial charge in [0, 0.05) is 0 Å². The van der Waals surface area contributed by atoms with Crippen LogP contribution in [0.5, 0.6) is 0 Å². The highest BCUT2D eigenvalue weighted by Crippen LogP contribution is 2.40. The summed E-state index contributed by atoms with van der Waals surface area (Å²) in [4.78, 5) is 0. The van der Waals surface area contributed by atoms with Crippen molar-refractivity contribution in [1.29, 1.82) is 0 Å². The van der Waals surface area contributed by atoms with Crippen LogP contribution in [0.4, 0.5) is 0 Å². The lowest BCUT2D eigenvalue weighted by molar-refractivity contribution is 0.00578. The average molecular weight is 337 g/mol. The first-order valence-electron chi connectivity index (χ1n) is 8.03. The molecule has 1 N–H and O–H groups in total. The Morgan fingerprint density at radius 3 is 1.96 bits per heavy atom. The van der Waals surface area contributed by atoms with Crippen LogP contribution in [0, 0.1) is 0 Å². The Kier molecular flexibility index (Phi) is 5.12. The van der Waals surface area contributed by atoms with Gasteiger partial charge in [-0.1, -0.05) is 30.3 Å². The molecule has 0 saturated carbocycles. The van der Waals surface area contributed by atoms with E-state index in [1.807, 2.05) is 78.8 Å². The molecule has 1 aromatic carbocycles. The van der Waals surface area contributed by atoms with Crippen LogP contribution in [0.2, 0.25) is 0 Å². The fourth-order valence-corrected chi connectivity index (χ4v) is 3.09. The topological polar surface area (TPSA) is 47.6 Å². The lowest BCUT2D eigenvalue weighted by Gasteiger charge is -2.32. The molecule has 1 aromatic rings. The molecule has 2 rings (SSSR count). The summed E-state index contributed by atoms with van der Waals surface area (Å²) in [5.41, 5.74) is 0.161. The third kappa shape index (κ3) is 4.05. The molecular formula is C17H28BNO3S. The molecule has 0 aromatic heterocycles. The van der Waals surface area contributed by atoms with Gasteiger partial charge in [0.15, 0.2) is 0 Å². The Bertz CT molecular complexity index is 553. The molecule has 1 aliphatic heterocycles. The maximum atomic E-state index is 12.6. The van der Waals surface area contributed by atoms with Crippen LogP contribution in [0.3, 0.4) is 0 Å². The molecule has 128 valence electrons. The molecule has 0 aliphatic carbocycles. The van der Waals surface area contributed by atoms with Gasteiger partial charge in [-0.05, 0) is 54.0 Å². The lowest BCUT2D eigenvalue weighted by atomic mass is 9.75. The minimum Gasteiger partial charge on any atom is -0.402 e. The van der Waals surface area contributed by atoms with Crippen molar-refractivity contribution in [3.63, 3.8) is 0 Å². The number of hydrogen-bond donors (Lipinski definition) is 1. The van der Waals surface area contributed by atoms with E-state index in [-0.39, 0.29) is 10.7 Å². The zero-order chi connectivity index (χ0) is 17.5. The van der Waals surface area contributed by atoms with Gasteiger partial charge in [0.05, 0.1) is 32.9 Å². The molecule has 1 heterocycles. The number of hydrogen-bond acceptors (Lipinski definition) is 3. The molecule has 23 heavy (non-hydrogen) atoms. The van der Waals surface area contributed by atoms with Gasteiger partial charge in [0.1, 0.15) is 0 Å². The molecule has 0 amide bonds. The quantitative estimate of drug-likeness (QED) is 0.857. The first-order valence-corrected chi connectivity index (χ1v) is 9.18. The summed E-state index contributed by atoms with van der Waals surface area (Å²) in [6.45, 7) is 13.9. The van der Waals surface area contributed by atoms with E-state index in [4.69, 9.17) is 9.31 Å². The Morgan fingerprint density at radius 1 is 1.04 bits per heavy atom. The molecule has 0 unspecified atom stereocenters. The summed E-state index contributed by atoms with van der Waals surface area (Å²) in [5, 5.41) is 0. The summed E-state index contributed by atoms with van der Waals surface area (Å²) in [6, 6.07) is 9.90. The fraction of sp³-hybridized carbons (Fsp3) is 0.647. The molecule has 6 heteroatoms. The van der Waals surface area contributed by atoms with Crippen molar-refractivity contribution in [1.82, 2.24) is 4.72 Å². The molecule has 0 spiro atoms. The van der Waals surface area contributed by atoms with Gasteiger partial charge in [0.25, 0.3) is 0 Å². The summed E-state index contributed by atoms with van der Waals surface area (Å²) >= 11 is 0. The van der Waals surface area contributed by atoms with Crippen LogP contribution in [0.25, 0.3) is 0 Å². The lowest BCUT2D eigenvalue weighted by Crippen LogP contribution is -2.43. The largest absolute Gasteiger partial charge is 0.481 e. The Hall–Kier alpha value is -0.685. The zero-order valence-electron chi connectivity index (χ0n) is 15.2. The predicted molar refractivity (Wildman–Crippen MR) is 96.3 cm³/mol. The van der Waals surface area contributed by atoms with Gasteiger partial charge in [-0.2, -0.15) is 0 Å². The SMILES string of the molecule is CC(C)(C)[S@](=O)N[C@H](B1OC(C)(C)C(C)(C)O1)c1ccccc1. The van der Waals surface area contributed by atoms with E-state index in [0.29, 0.717) is 0 Å². The average Bonchev–Trinajstić information content (AvgIpc) is 2.64. The van der Waals surface area contributed by atoms with Crippen LogP contribution < -0.4 is 4.72 Å². The molecule has 1 fully saturated rings. The Balaban J connectivity index is 2.31. The second kappa shape index (κ2) is 6.32. The second-order valence-electron chi connectivity index (χ2n) is 8.01. The Labute approximate surface area is 143 Å². The van der Waals surface area contributed by atoms with Crippen molar-refractivity contribution < 1.29 is 13.5 Å². The number of rotatable bonds is 4. The molecule has 1 saturated heterocycles. The van der Waals surface area contributed by atoms with E-state index < -0.39 is 29.3 Å². The minimum absolute atomic E-state index is 0.294. The molecule has 2 atom stereocenters. The first kappa shape index (κ1) is 18.7. The van der Waals surface area contributed by atoms with Gasteiger partial charge < -0.3 is 9.31 Å². The fourth-order valence-electron chi connectivity index (χ4n) is 2.26. The van der Waals surface area contributed by atoms with E-state index >= 15 is 0 Å². The second-order valence-corrected chi connectivity index (χ2v) is 10.0. The van der Waals surface area contributed by atoms with Crippen LogP contribution in [0.1, 0.15) is 60.0 Å². The van der Waals surface area contributed by atoms with E-state index in [1.54, 1.807) is 0 Å². The van der Waals surface area contributed by atoms with Gasteiger partial charge in [0.2, 0.25) is 0 Å². The van der Waals surface area contributed by atoms with Crippen molar-refractivity contribution >= 4 is 18.1 Å². The maximum absolute atomic E-state index is 12.6. The van der Waals surface area contributed by atoms with E-state index in [2.05, 4.69) is 4.72 Å². The van der Waals surface area contributed by atoms with Crippen molar-refractivity contribution in [2.45, 2.75) is 70.4 Å². The van der Waals surface area contributed by atoms with Crippen molar-refractivity contribution in [3.05, 3.63) is 35.9 Å².